The van der Waals surface area contributed by atoms with Crippen molar-refractivity contribution in [3.63, 3.8) is 0 Å². The van der Waals surface area contributed by atoms with Crippen LogP contribution in [-0.2, 0) is 12.8 Å². The van der Waals surface area contributed by atoms with Crippen LogP contribution in [0.2, 0.25) is 0 Å². The largest absolute Gasteiger partial charge is 0.389 e. The van der Waals surface area contributed by atoms with E-state index in [-0.39, 0.29) is 0 Å². The molecule has 0 fully saturated rings. The molecule has 17 heavy (non-hydrogen) atoms. The third-order valence-electron chi connectivity index (χ3n) is 2.53. The summed E-state index contributed by atoms with van der Waals surface area (Å²) >= 11 is 1.77. The standard InChI is InChI=1S/C13H16N2OS/c1-10(16)12-3-5-13(6-4-12)17-9-11-7-14-15(2)8-11/h3-8,10,16H,9H2,1-2H3. The Balaban J connectivity index is 1.95. The van der Waals surface area contributed by atoms with Crippen molar-refractivity contribution < 1.29 is 5.11 Å². The highest BCUT2D eigenvalue weighted by Gasteiger charge is 2.01. The lowest BCUT2D eigenvalue weighted by molar-refractivity contribution is 0.199. The summed E-state index contributed by atoms with van der Waals surface area (Å²) in [5.74, 6) is 0.919. The van der Waals surface area contributed by atoms with E-state index in [9.17, 15) is 5.11 Å². The zero-order chi connectivity index (χ0) is 12.3. The van der Waals surface area contributed by atoms with Crippen molar-refractivity contribution in [3.05, 3.63) is 47.8 Å². The second-order valence-electron chi connectivity index (χ2n) is 4.06. The van der Waals surface area contributed by atoms with E-state index < -0.39 is 6.10 Å². The van der Waals surface area contributed by atoms with Gasteiger partial charge in [0.1, 0.15) is 0 Å². The Labute approximate surface area is 105 Å². The minimum atomic E-state index is -0.396. The smallest absolute Gasteiger partial charge is 0.0761 e. The van der Waals surface area contributed by atoms with Crippen LogP contribution in [0.15, 0.2) is 41.6 Å². The number of aliphatic hydroxyl groups excluding tert-OH is 1. The van der Waals surface area contributed by atoms with Crippen LogP contribution in [0.4, 0.5) is 0 Å². The van der Waals surface area contributed by atoms with Gasteiger partial charge in [-0.15, -0.1) is 11.8 Å². The van der Waals surface area contributed by atoms with Crippen LogP contribution in [0.1, 0.15) is 24.2 Å². The van der Waals surface area contributed by atoms with Gasteiger partial charge in [0.05, 0.1) is 12.3 Å². The topological polar surface area (TPSA) is 38.1 Å². The lowest BCUT2D eigenvalue weighted by Gasteiger charge is -2.05. The molecule has 0 spiro atoms. The highest BCUT2D eigenvalue weighted by Crippen LogP contribution is 2.24. The molecular formula is C13H16N2OS. The Morgan fingerprint density at radius 2 is 2.06 bits per heavy atom. The van der Waals surface area contributed by atoms with Gasteiger partial charge >= 0.3 is 0 Å². The predicted octanol–water partition coefficient (Wildman–Crippen LogP) is 2.77. The number of thioether (sulfide) groups is 1. The maximum absolute atomic E-state index is 9.41. The molecule has 0 aliphatic heterocycles. The molecule has 1 aromatic heterocycles. The van der Waals surface area contributed by atoms with Gasteiger partial charge in [-0.2, -0.15) is 5.10 Å². The Morgan fingerprint density at radius 3 is 2.59 bits per heavy atom. The van der Waals surface area contributed by atoms with Crippen LogP contribution in [-0.4, -0.2) is 14.9 Å². The number of hydrogen-bond donors (Lipinski definition) is 1. The summed E-state index contributed by atoms with van der Waals surface area (Å²) < 4.78 is 1.81. The first-order valence-corrected chi connectivity index (χ1v) is 6.52. The average molecular weight is 248 g/mol. The van der Waals surface area contributed by atoms with Crippen molar-refractivity contribution in [2.24, 2.45) is 7.05 Å². The Hall–Kier alpha value is -1.26. The third kappa shape index (κ3) is 3.35. The summed E-state index contributed by atoms with van der Waals surface area (Å²) in [5.41, 5.74) is 2.17. The molecule has 0 aliphatic rings. The molecule has 0 amide bonds. The second kappa shape index (κ2) is 5.38. The molecule has 0 saturated heterocycles. The number of hydrogen-bond acceptors (Lipinski definition) is 3. The minimum absolute atomic E-state index is 0.396. The fourth-order valence-corrected chi connectivity index (χ4v) is 2.37. The van der Waals surface area contributed by atoms with E-state index in [4.69, 9.17) is 0 Å². The van der Waals surface area contributed by atoms with E-state index >= 15 is 0 Å². The van der Waals surface area contributed by atoms with Crippen LogP contribution in [0.5, 0.6) is 0 Å². The molecule has 1 atom stereocenters. The van der Waals surface area contributed by atoms with Gasteiger partial charge in [0.2, 0.25) is 0 Å². The monoisotopic (exact) mass is 248 g/mol. The summed E-state index contributed by atoms with van der Waals surface area (Å²) in [6.45, 7) is 1.78. The molecular weight excluding hydrogens is 232 g/mol. The summed E-state index contributed by atoms with van der Waals surface area (Å²) in [7, 11) is 1.92. The summed E-state index contributed by atoms with van der Waals surface area (Å²) in [4.78, 5) is 1.21. The molecule has 1 N–H and O–H groups in total. The number of aromatic nitrogens is 2. The molecule has 2 aromatic rings. The molecule has 1 unspecified atom stereocenters. The van der Waals surface area contributed by atoms with Crippen molar-refractivity contribution in [1.29, 1.82) is 0 Å². The molecule has 4 heteroatoms. The summed E-state index contributed by atoms with van der Waals surface area (Å²) in [6.07, 6.45) is 3.52. The van der Waals surface area contributed by atoms with Gasteiger partial charge in [0.25, 0.3) is 0 Å². The summed E-state index contributed by atoms with van der Waals surface area (Å²) in [6, 6.07) is 8.03. The Bertz CT molecular complexity index is 476. The van der Waals surface area contributed by atoms with E-state index in [1.54, 1.807) is 18.7 Å². The van der Waals surface area contributed by atoms with Crippen molar-refractivity contribution in [2.45, 2.75) is 23.7 Å². The first-order chi connectivity index (χ1) is 8.15. The fourth-order valence-electron chi connectivity index (χ4n) is 1.56. The molecule has 0 saturated carbocycles. The molecule has 0 radical (unpaired) electrons. The lowest BCUT2D eigenvalue weighted by atomic mass is 10.1. The maximum atomic E-state index is 9.41. The zero-order valence-electron chi connectivity index (χ0n) is 10.00. The minimum Gasteiger partial charge on any atom is -0.389 e. The average Bonchev–Trinajstić information content (AvgIpc) is 2.73. The second-order valence-corrected chi connectivity index (χ2v) is 5.10. The van der Waals surface area contributed by atoms with E-state index in [2.05, 4.69) is 5.10 Å². The molecule has 0 aliphatic carbocycles. The van der Waals surface area contributed by atoms with E-state index in [1.165, 1.54) is 10.5 Å². The highest BCUT2D eigenvalue weighted by atomic mass is 32.2. The number of rotatable bonds is 4. The quantitative estimate of drug-likeness (QED) is 0.845. The SMILES string of the molecule is CC(O)c1ccc(SCc2cnn(C)c2)cc1. The van der Waals surface area contributed by atoms with Gasteiger partial charge in [-0.25, -0.2) is 0 Å². The molecule has 0 bridgehead atoms. The molecule has 90 valence electrons. The van der Waals surface area contributed by atoms with E-state index in [0.29, 0.717) is 0 Å². The van der Waals surface area contributed by atoms with Gasteiger partial charge in [0, 0.05) is 29.5 Å². The number of aryl methyl sites for hydroxylation is 1. The first kappa shape index (κ1) is 12.2. The summed E-state index contributed by atoms with van der Waals surface area (Å²) in [5, 5.41) is 13.5. The Kier molecular flexibility index (Phi) is 3.86. The lowest BCUT2D eigenvalue weighted by Crippen LogP contribution is -1.89. The third-order valence-corrected chi connectivity index (χ3v) is 3.61. The predicted molar refractivity (Wildman–Crippen MR) is 69.8 cm³/mol. The molecule has 1 aromatic carbocycles. The maximum Gasteiger partial charge on any atom is 0.0761 e. The van der Waals surface area contributed by atoms with Gasteiger partial charge in [-0.3, -0.25) is 4.68 Å². The highest BCUT2D eigenvalue weighted by molar-refractivity contribution is 7.98. The Morgan fingerprint density at radius 1 is 1.35 bits per heavy atom. The van der Waals surface area contributed by atoms with Crippen LogP contribution in [0.25, 0.3) is 0 Å². The van der Waals surface area contributed by atoms with E-state index in [0.717, 1.165) is 11.3 Å². The van der Waals surface area contributed by atoms with Gasteiger partial charge in [-0.05, 0) is 24.6 Å². The van der Waals surface area contributed by atoms with Gasteiger partial charge < -0.3 is 5.11 Å². The van der Waals surface area contributed by atoms with Crippen molar-refractivity contribution in [2.75, 3.05) is 0 Å². The van der Waals surface area contributed by atoms with Crippen LogP contribution in [0.3, 0.4) is 0 Å². The zero-order valence-corrected chi connectivity index (χ0v) is 10.8. The van der Waals surface area contributed by atoms with Crippen LogP contribution < -0.4 is 0 Å². The number of aliphatic hydroxyl groups is 1. The molecule has 3 nitrogen and oxygen atoms in total. The molecule has 2 rings (SSSR count). The van der Waals surface area contributed by atoms with Crippen molar-refractivity contribution >= 4 is 11.8 Å². The first-order valence-electron chi connectivity index (χ1n) is 5.53. The number of benzene rings is 1. The fraction of sp³-hybridized carbons (Fsp3) is 0.308. The normalized spacial score (nSPS) is 12.6. The van der Waals surface area contributed by atoms with Gasteiger partial charge in [0.15, 0.2) is 0 Å². The van der Waals surface area contributed by atoms with Crippen molar-refractivity contribution in [1.82, 2.24) is 9.78 Å². The van der Waals surface area contributed by atoms with Crippen molar-refractivity contribution in [3.8, 4) is 0 Å². The van der Waals surface area contributed by atoms with Crippen LogP contribution >= 0.6 is 11.8 Å². The van der Waals surface area contributed by atoms with Crippen LogP contribution in [0, 0.1) is 0 Å². The van der Waals surface area contributed by atoms with E-state index in [1.807, 2.05) is 48.4 Å². The molecule has 1 heterocycles. The number of nitrogens with zero attached hydrogens (tertiary/aromatic N) is 2. The van der Waals surface area contributed by atoms with Gasteiger partial charge in [-0.1, -0.05) is 12.1 Å².